The number of likely N-dealkylation sites (tertiary alicyclic amines) is 1. The van der Waals surface area contributed by atoms with Gasteiger partial charge >= 0.3 is 0 Å². The van der Waals surface area contributed by atoms with Crippen LogP contribution < -0.4 is 4.74 Å². The molecular weight excluding hydrogens is 274 g/mol. The lowest BCUT2D eigenvalue weighted by Gasteiger charge is -2.25. The van der Waals surface area contributed by atoms with Crippen LogP contribution in [-0.4, -0.2) is 36.9 Å². The molecule has 0 atom stereocenters. The van der Waals surface area contributed by atoms with Crippen LogP contribution in [0.15, 0.2) is 54.6 Å². The van der Waals surface area contributed by atoms with Crippen molar-refractivity contribution >= 4 is 5.78 Å². The number of hydrogen-bond donors (Lipinski definition) is 0. The lowest BCUT2D eigenvalue weighted by Crippen LogP contribution is -2.36. The molecule has 0 spiro atoms. The third-order valence-corrected chi connectivity index (χ3v) is 4.05. The third kappa shape index (κ3) is 3.95. The van der Waals surface area contributed by atoms with E-state index in [0.717, 1.165) is 25.4 Å². The first-order valence-electron chi connectivity index (χ1n) is 7.83. The number of ketones is 1. The molecule has 3 heteroatoms. The number of nitrogens with zero attached hydrogens (tertiary/aromatic N) is 1. The summed E-state index contributed by atoms with van der Waals surface area (Å²) in [7, 11) is 0. The van der Waals surface area contributed by atoms with Crippen LogP contribution in [0.2, 0.25) is 0 Å². The number of benzene rings is 2. The lowest BCUT2D eigenvalue weighted by molar-refractivity contribution is -0.121. The Morgan fingerprint density at radius 2 is 1.50 bits per heavy atom. The average Bonchev–Trinajstić information content (AvgIpc) is 2.58. The quantitative estimate of drug-likeness (QED) is 0.846. The van der Waals surface area contributed by atoms with Gasteiger partial charge in [0.25, 0.3) is 0 Å². The largest absolute Gasteiger partial charge is 0.492 e. The second-order valence-electron chi connectivity index (χ2n) is 5.62. The molecule has 2 aromatic rings. The first-order valence-corrected chi connectivity index (χ1v) is 7.83. The van der Waals surface area contributed by atoms with Gasteiger partial charge in [-0.05, 0) is 23.3 Å². The monoisotopic (exact) mass is 295 g/mol. The molecule has 3 nitrogen and oxygen atoms in total. The maximum Gasteiger partial charge on any atom is 0.135 e. The minimum atomic E-state index is 0.383. The van der Waals surface area contributed by atoms with Crippen molar-refractivity contribution in [3.63, 3.8) is 0 Å². The fraction of sp³-hybridized carbons (Fsp3) is 0.316. The normalized spacial score (nSPS) is 15.7. The van der Waals surface area contributed by atoms with Gasteiger partial charge in [-0.15, -0.1) is 0 Å². The highest BCUT2D eigenvalue weighted by atomic mass is 16.5. The number of carbonyl (C=O) groups is 1. The van der Waals surface area contributed by atoms with E-state index < -0.39 is 0 Å². The van der Waals surface area contributed by atoms with Crippen molar-refractivity contribution in [3.05, 3.63) is 54.6 Å². The van der Waals surface area contributed by atoms with Crippen molar-refractivity contribution in [2.24, 2.45) is 0 Å². The number of rotatable bonds is 5. The number of piperidine rings is 1. The van der Waals surface area contributed by atoms with E-state index in [-0.39, 0.29) is 0 Å². The first-order chi connectivity index (χ1) is 10.8. The van der Waals surface area contributed by atoms with Gasteiger partial charge in [0.15, 0.2) is 0 Å². The summed E-state index contributed by atoms with van der Waals surface area (Å²) in [6, 6.07) is 18.5. The smallest absolute Gasteiger partial charge is 0.135 e. The topological polar surface area (TPSA) is 29.5 Å². The van der Waals surface area contributed by atoms with Gasteiger partial charge in [0.2, 0.25) is 0 Å². The standard InChI is InChI=1S/C19H21NO2/c21-18-10-12-20(13-11-18)14-15-22-19-8-6-17(7-9-19)16-4-2-1-3-5-16/h1-9H,10-15H2. The summed E-state index contributed by atoms with van der Waals surface area (Å²) >= 11 is 0. The number of carbonyl (C=O) groups excluding carboxylic acids is 1. The van der Waals surface area contributed by atoms with Gasteiger partial charge in [0, 0.05) is 32.5 Å². The summed E-state index contributed by atoms with van der Waals surface area (Å²) in [5.41, 5.74) is 2.41. The fourth-order valence-electron chi connectivity index (χ4n) is 2.69. The van der Waals surface area contributed by atoms with Crippen LogP contribution in [0.4, 0.5) is 0 Å². The Morgan fingerprint density at radius 1 is 0.864 bits per heavy atom. The van der Waals surface area contributed by atoms with E-state index in [4.69, 9.17) is 4.74 Å². The predicted molar refractivity (Wildman–Crippen MR) is 88.1 cm³/mol. The van der Waals surface area contributed by atoms with E-state index in [1.165, 1.54) is 11.1 Å². The maximum atomic E-state index is 11.2. The van der Waals surface area contributed by atoms with Crippen molar-refractivity contribution in [3.8, 4) is 16.9 Å². The first kappa shape index (κ1) is 14.8. The highest BCUT2D eigenvalue weighted by Crippen LogP contribution is 2.22. The molecule has 3 rings (SSSR count). The Bertz CT molecular complexity index is 597. The maximum absolute atomic E-state index is 11.2. The van der Waals surface area contributed by atoms with Gasteiger partial charge in [-0.2, -0.15) is 0 Å². The number of ether oxygens (including phenoxy) is 1. The summed E-state index contributed by atoms with van der Waals surface area (Å²) in [5.74, 6) is 1.28. The van der Waals surface area contributed by atoms with E-state index in [2.05, 4.69) is 29.2 Å². The van der Waals surface area contributed by atoms with Crippen LogP contribution in [-0.2, 0) is 4.79 Å². The van der Waals surface area contributed by atoms with Gasteiger partial charge < -0.3 is 4.74 Å². The Kier molecular flexibility index (Phi) is 4.86. The van der Waals surface area contributed by atoms with Gasteiger partial charge in [-0.1, -0.05) is 42.5 Å². The average molecular weight is 295 g/mol. The molecule has 1 saturated heterocycles. The van der Waals surface area contributed by atoms with Crippen molar-refractivity contribution in [2.75, 3.05) is 26.2 Å². The highest BCUT2D eigenvalue weighted by Gasteiger charge is 2.15. The molecule has 0 N–H and O–H groups in total. The number of hydrogen-bond acceptors (Lipinski definition) is 3. The molecule has 1 aliphatic rings. The van der Waals surface area contributed by atoms with Gasteiger partial charge in [0.05, 0.1) is 0 Å². The second kappa shape index (κ2) is 7.23. The van der Waals surface area contributed by atoms with Crippen molar-refractivity contribution in [1.29, 1.82) is 0 Å². The molecule has 0 bridgehead atoms. The van der Waals surface area contributed by atoms with Crippen molar-refractivity contribution in [2.45, 2.75) is 12.8 Å². The van der Waals surface area contributed by atoms with E-state index in [1.54, 1.807) is 0 Å². The molecule has 0 radical (unpaired) electrons. The van der Waals surface area contributed by atoms with Crippen LogP contribution in [0, 0.1) is 0 Å². The Labute approximate surface area is 131 Å². The summed E-state index contributed by atoms with van der Waals surface area (Å²) in [6.07, 6.45) is 1.37. The second-order valence-corrected chi connectivity index (χ2v) is 5.62. The molecule has 0 unspecified atom stereocenters. The Balaban J connectivity index is 1.48. The van der Waals surface area contributed by atoms with Crippen LogP contribution in [0.3, 0.4) is 0 Å². The molecule has 1 fully saturated rings. The van der Waals surface area contributed by atoms with Crippen LogP contribution in [0.25, 0.3) is 11.1 Å². The molecule has 1 aliphatic heterocycles. The number of Topliss-reactive ketones (excluding diaryl/α,β-unsaturated/α-hetero) is 1. The van der Waals surface area contributed by atoms with Gasteiger partial charge in [-0.3, -0.25) is 9.69 Å². The minimum absolute atomic E-state index is 0.383. The van der Waals surface area contributed by atoms with Crippen LogP contribution in [0.5, 0.6) is 5.75 Å². The molecule has 114 valence electrons. The molecule has 0 amide bonds. The predicted octanol–water partition coefficient (Wildman–Crippen LogP) is 3.40. The van der Waals surface area contributed by atoms with Gasteiger partial charge in [-0.25, -0.2) is 0 Å². The lowest BCUT2D eigenvalue weighted by atomic mass is 10.1. The Morgan fingerprint density at radius 3 is 2.18 bits per heavy atom. The molecular formula is C19H21NO2. The van der Waals surface area contributed by atoms with Gasteiger partial charge in [0.1, 0.15) is 18.1 Å². The molecule has 1 heterocycles. The summed E-state index contributed by atoms with van der Waals surface area (Å²) in [5, 5.41) is 0. The molecule has 0 saturated carbocycles. The summed E-state index contributed by atoms with van der Waals surface area (Å²) in [6.45, 7) is 3.29. The summed E-state index contributed by atoms with van der Waals surface area (Å²) in [4.78, 5) is 13.5. The highest BCUT2D eigenvalue weighted by molar-refractivity contribution is 5.79. The molecule has 22 heavy (non-hydrogen) atoms. The van der Waals surface area contributed by atoms with E-state index in [1.807, 2.05) is 30.3 Å². The molecule has 0 aliphatic carbocycles. The van der Waals surface area contributed by atoms with E-state index in [0.29, 0.717) is 25.2 Å². The van der Waals surface area contributed by atoms with Crippen molar-refractivity contribution < 1.29 is 9.53 Å². The Hall–Kier alpha value is -2.13. The van der Waals surface area contributed by atoms with Crippen molar-refractivity contribution in [1.82, 2.24) is 4.90 Å². The zero-order valence-electron chi connectivity index (χ0n) is 12.7. The van der Waals surface area contributed by atoms with E-state index >= 15 is 0 Å². The summed E-state index contributed by atoms with van der Waals surface area (Å²) < 4.78 is 5.80. The zero-order chi connectivity index (χ0) is 15.2. The minimum Gasteiger partial charge on any atom is -0.492 e. The zero-order valence-corrected chi connectivity index (χ0v) is 12.7. The molecule has 0 aromatic heterocycles. The molecule has 2 aromatic carbocycles. The van der Waals surface area contributed by atoms with E-state index in [9.17, 15) is 4.79 Å². The SMILES string of the molecule is O=C1CCN(CCOc2ccc(-c3ccccc3)cc2)CC1. The third-order valence-electron chi connectivity index (χ3n) is 4.05. The van der Waals surface area contributed by atoms with Crippen LogP contribution >= 0.6 is 0 Å². The van der Waals surface area contributed by atoms with Crippen LogP contribution in [0.1, 0.15) is 12.8 Å². The fourth-order valence-corrected chi connectivity index (χ4v) is 2.69.